The van der Waals surface area contributed by atoms with Crippen molar-refractivity contribution in [1.82, 2.24) is 20.0 Å². The van der Waals surface area contributed by atoms with Crippen molar-refractivity contribution in [2.45, 2.75) is 18.9 Å². The highest BCUT2D eigenvalue weighted by molar-refractivity contribution is 6.32. The second-order valence-corrected chi connectivity index (χ2v) is 6.24. The number of hydrogen-bond donors (Lipinski definition) is 1. The lowest BCUT2D eigenvalue weighted by Gasteiger charge is -2.31. The van der Waals surface area contributed by atoms with Gasteiger partial charge in [-0.15, -0.1) is 0 Å². The molecule has 1 aliphatic heterocycles. The SMILES string of the molecule is COC(=O)N1CCC(NC(=O)c2cnn(-c3ccccc3Cl)c2)CC1. The lowest BCUT2D eigenvalue weighted by Crippen LogP contribution is -2.46. The summed E-state index contributed by atoms with van der Waals surface area (Å²) in [5, 5.41) is 7.76. The van der Waals surface area contributed by atoms with Crippen LogP contribution in [0.25, 0.3) is 5.69 Å². The average Bonchev–Trinajstić information content (AvgIpc) is 3.12. The summed E-state index contributed by atoms with van der Waals surface area (Å²) in [5.74, 6) is -0.185. The number of ether oxygens (including phenoxy) is 1. The largest absolute Gasteiger partial charge is 0.453 e. The molecule has 1 aromatic heterocycles. The molecule has 7 nitrogen and oxygen atoms in total. The number of benzene rings is 1. The van der Waals surface area contributed by atoms with E-state index in [-0.39, 0.29) is 18.0 Å². The van der Waals surface area contributed by atoms with Crippen LogP contribution in [0.1, 0.15) is 23.2 Å². The number of amides is 2. The summed E-state index contributed by atoms with van der Waals surface area (Å²) in [7, 11) is 1.37. The first-order chi connectivity index (χ1) is 12.1. The van der Waals surface area contributed by atoms with Crippen molar-refractivity contribution in [1.29, 1.82) is 0 Å². The molecule has 0 radical (unpaired) electrons. The van der Waals surface area contributed by atoms with Crippen LogP contribution in [-0.2, 0) is 4.74 Å². The monoisotopic (exact) mass is 362 g/mol. The number of methoxy groups -OCH3 is 1. The van der Waals surface area contributed by atoms with E-state index >= 15 is 0 Å². The van der Waals surface area contributed by atoms with E-state index < -0.39 is 0 Å². The van der Waals surface area contributed by atoms with Crippen LogP contribution in [0.5, 0.6) is 0 Å². The van der Waals surface area contributed by atoms with Crippen LogP contribution in [0.3, 0.4) is 0 Å². The summed E-state index contributed by atoms with van der Waals surface area (Å²) in [6.45, 7) is 1.13. The second-order valence-electron chi connectivity index (χ2n) is 5.83. The minimum atomic E-state index is -0.328. The molecule has 2 heterocycles. The number of likely N-dealkylation sites (tertiary alicyclic amines) is 1. The van der Waals surface area contributed by atoms with Crippen molar-refractivity contribution < 1.29 is 14.3 Å². The van der Waals surface area contributed by atoms with Gasteiger partial charge in [0.2, 0.25) is 0 Å². The van der Waals surface area contributed by atoms with E-state index in [1.165, 1.54) is 13.3 Å². The van der Waals surface area contributed by atoms with E-state index in [4.69, 9.17) is 16.3 Å². The Hall–Kier alpha value is -2.54. The van der Waals surface area contributed by atoms with Crippen molar-refractivity contribution in [3.8, 4) is 5.69 Å². The molecule has 25 heavy (non-hydrogen) atoms. The number of nitrogens with zero attached hydrogens (tertiary/aromatic N) is 3. The van der Waals surface area contributed by atoms with E-state index in [2.05, 4.69) is 10.4 Å². The molecule has 1 N–H and O–H groups in total. The molecule has 0 spiro atoms. The number of carbonyl (C=O) groups excluding carboxylic acids is 2. The lowest BCUT2D eigenvalue weighted by atomic mass is 10.1. The van der Waals surface area contributed by atoms with Gasteiger partial charge in [-0.25, -0.2) is 9.48 Å². The van der Waals surface area contributed by atoms with Gasteiger partial charge in [0.15, 0.2) is 0 Å². The Morgan fingerprint density at radius 1 is 1.28 bits per heavy atom. The third-order valence-corrected chi connectivity index (χ3v) is 4.53. The molecule has 2 amide bonds. The molecule has 0 saturated carbocycles. The Balaban J connectivity index is 1.60. The number of hydrogen-bond acceptors (Lipinski definition) is 4. The van der Waals surface area contributed by atoms with E-state index in [1.54, 1.807) is 21.8 Å². The summed E-state index contributed by atoms with van der Waals surface area (Å²) in [6, 6.07) is 7.32. The van der Waals surface area contributed by atoms with Gasteiger partial charge in [-0.3, -0.25) is 4.79 Å². The van der Waals surface area contributed by atoms with E-state index in [0.29, 0.717) is 36.5 Å². The minimum absolute atomic E-state index is 0.0251. The minimum Gasteiger partial charge on any atom is -0.453 e. The van der Waals surface area contributed by atoms with Crippen molar-refractivity contribution >= 4 is 23.6 Å². The molecule has 1 aromatic carbocycles. The van der Waals surface area contributed by atoms with Crippen LogP contribution < -0.4 is 5.32 Å². The van der Waals surface area contributed by atoms with Crippen LogP contribution in [0.15, 0.2) is 36.7 Å². The van der Waals surface area contributed by atoms with Gasteiger partial charge in [-0.1, -0.05) is 23.7 Å². The van der Waals surface area contributed by atoms with E-state index in [1.807, 2.05) is 18.2 Å². The van der Waals surface area contributed by atoms with E-state index in [9.17, 15) is 9.59 Å². The van der Waals surface area contributed by atoms with Crippen LogP contribution in [-0.4, -0.2) is 52.9 Å². The van der Waals surface area contributed by atoms with Crippen LogP contribution in [0, 0.1) is 0 Å². The van der Waals surface area contributed by atoms with Crippen LogP contribution >= 0.6 is 11.6 Å². The zero-order valence-corrected chi connectivity index (χ0v) is 14.6. The second kappa shape index (κ2) is 7.57. The van der Waals surface area contributed by atoms with Crippen molar-refractivity contribution in [2.24, 2.45) is 0 Å². The average molecular weight is 363 g/mol. The standard InChI is InChI=1S/C17H19ClN4O3/c1-25-17(24)21-8-6-13(7-9-21)20-16(23)12-10-19-22(11-12)15-5-3-2-4-14(15)18/h2-5,10-11,13H,6-9H2,1H3,(H,20,23). The highest BCUT2D eigenvalue weighted by atomic mass is 35.5. The molecule has 8 heteroatoms. The smallest absolute Gasteiger partial charge is 0.409 e. The van der Waals surface area contributed by atoms with Crippen molar-refractivity contribution in [3.63, 3.8) is 0 Å². The number of rotatable bonds is 3. The number of aromatic nitrogens is 2. The Kier molecular flexibility index (Phi) is 5.23. The molecule has 1 saturated heterocycles. The first-order valence-electron chi connectivity index (χ1n) is 8.02. The fraction of sp³-hybridized carbons (Fsp3) is 0.353. The maximum absolute atomic E-state index is 12.4. The molecular weight excluding hydrogens is 344 g/mol. The Morgan fingerprint density at radius 3 is 2.68 bits per heavy atom. The van der Waals surface area contributed by atoms with Gasteiger partial charge in [0.25, 0.3) is 5.91 Å². The fourth-order valence-corrected chi connectivity index (χ4v) is 3.04. The highest BCUT2D eigenvalue weighted by Gasteiger charge is 2.24. The number of nitrogens with one attached hydrogen (secondary N) is 1. The van der Waals surface area contributed by atoms with Gasteiger partial charge >= 0.3 is 6.09 Å². The molecule has 0 aliphatic carbocycles. The molecular formula is C17H19ClN4O3. The number of carbonyl (C=O) groups is 2. The highest BCUT2D eigenvalue weighted by Crippen LogP contribution is 2.19. The van der Waals surface area contributed by atoms with Gasteiger partial charge in [0.05, 0.1) is 29.6 Å². The summed E-state index contributed by atoms with van der Waals surface area (Å²) in [5.41, 5.74) is 1.19. The van der Waals surface area contributed by atoms with Crippen LogP contribution in [0.4, 0.5) is 4.79 Å². The number of para-hydroxylation sites is 1. The van der Waals surface area contributed by atoms with Crippen molar-refractivity contribution in [3.05, 3.63) is 47.2 Å². The Morgan fingerprint density at radius 2 is 2.00 bits per heavy atom. The summed E-state index contributed by atoms with van der Waals surface area (Å²) < 4.78 is 6.29. The third kappa shape index (κ3) is 3.93. The third-order valence-electron chi connectivity index (χ3n) is 4.21. The summed E-state index contributed by atoms with van der Waals surface area (Å²) in [6.07, 6.45) is 4.23. The quantitative estimate of drug-likeness (QED) is 0.910. The fourth-order valence-electron chi connectivity index (χ4n) is 2.81. The van der Waals surface area contributed by atoms with E-state index in [0.717, 1.165) is 5.69 Å². The topological polar surface area (TPSA) is 76.5 Å². The first kappa shape index (κ1) is 17.3. The molecule has 0 atom stereocenters. The molecule has 1 fully saturated rings. The zero-order valence-electron chi connectivity index (χ0n) is 13.8. The lowest BCUT2D eigenvalue weighted by molar-refractivity contribution is 0.0892. The predicted molar refractivity (Wildman–Crippen MR) is 93.0 cm³/mol. The molecule has 0 bridgehead atoms. The van der Waals surface area contributed by atoms with Crippen molar-refractivity contribution in [2.75, 3.05) is 20.2 Å². The van der Waals surface area contributed by atoms with Gasteiger partial charge in [-0.2, -0.15) is 5.10 Å². The van der Waals surface area contributed by atoms with Gasteiger partial charge in [0.1, 0.15) is 0 Å². The molecule has 1 aliphatic rings. The first-order valence-corrected chi connectivity index (χ1v) is 8.39. The molecule has 2 aromatic rings. The van der Waals surface area contributed by atoms with Gasteiger partial charge in [-0.05, 0) is 25.0 Å². The predicted octanol–water partition coefficient (Wildman–Crippen LogP) is 2.49. The number of halogens is 1. The van der Waals surface area contributed by atoms with Crippen LogP contribution in [0.2, 0.25) is 5.02 Å². The number of piperidine rings is 1. The summed E-state index contributed by atoms with van der Waals surface area (Å²) in [4.78, 5) is 25.5. The normalized spacial score (nSPS) is 15.0. The maximum atomic E-state index is 12.4. The Bertz CT molecular complexity index is 769. The van der Waals surface area contributed by atoms with Gasteiger partial charge in [0, 0.05) is 25.3 Å². The van der Waals surface area contributed by atoms with Gasteiger partial charge < -0.3 is 15.0 Å². The molecule has 132 valence electrons. The zero-order chi connectivity index (χ0) is 17.8. The molecule has 3 rings (SSSR count). The molecule has 0 unspecified atom stereocenters. The summed E-state index contributed by atoms with van der Waals surface area (Å²) >= 11 is 6.15. The maximum Gasteiger partial charge on any atom is 0.409 e. The Labute approximate surface area is 150 Å².